The minimum absolute atomic E-state index is 1.40. The molecule has 0 aliphatic heterocycles. The number of benzene rings is 4. The van der Waals surface area contributed by atoms with Crippen LogP contribution >= 0.6 is 0 Å². The van der Waals surface area contributed by atoms with Crippen LogP contribution in [0.4, 0.5) is 0 Å². The minimum atomic E-state index is -3.50. The summed E-state index contributed by atoms with van der Waals surface area (Å²) in [6, 6.07) is 38.4. The Morgan fingerprint density at radius 1 is 0.393 bits per heavy atom. The van der Waals surface area contributed by atoms with Gasteiger partial charge in [-0.25, -0.2) is 0 Å². The van der Waals surface area contributed by atoms with Crippen molar-refractivity contribution in [2.24, 2.45) is 0 Å². The molecule has 0 bridgehead atoms. The molecule has 0 saturated carbocycles. The molecule has 0 N–H and O–H groups in total. The summed E-state index contributed by atoms with van der Waals surface area (Å²) in [6.45, 7) is 6.83. The van der Waals surface area contributed by atoms with Crippen molar-refractivity contribution in [2.75, 3.05) is 0 Å². The van der Waals surface area contributed by atoms with E-state index in [9.17, 15) is 0 Å². The second kappa shape index (κ2) is 7.98. The molecule has 0 aliphatic carbocycles. The fourth-order valence-electron chi connectivity index (χ4n) is 4.57. The maximum absolute atomic E-state index is 3.50. The Bertz CT molecular complexity index is 985. The first kappa shape index (κ1) is 19.0. The van der Waals surface area contributed by atoms with E-state index in [1.54, 1.807) is 10.5 Å². The van der Waals surface area contributed by atoms with E-state index in [0.29, 0.717) is 0 Å². The molecule has 28 heavy (non-hydrogen) atoms. The van der Waals surface area contributed by atoms with Gasteiger partial charge in [-0.05, 0) is 0 Å². The molecule has 0 saturated heterocycles. The molecule has 0 amide bonds. The molecule has 0 radical (unpaired) electrons. The van der Waals surface area contributed by atoms with Crippen molar-refractivity contribution >= 4 is 32.8 Å². The predicted molar refractivity (Wildman–Crippen MR) is 126 cm³/mol. The third-order valence-corrected chi connectivity index (χ3v) is 21.0. The van der Waals surface area contributed by atoms with Gasteiger partial charge in [0.1, 0.15) is 0 Å². The molecule has 0 nitrogen and oxygen atoms in total. The molecule has 0 aliphatic rings. The molecular formula is C27H27Sb. The van der Waals surface area contributed by atoms with Gasteiger partial charge >= 0.3 is 173 Å². The van der Waals surface area contributed by atoms with Crippen LogP contribution in [0.2, 0.25) is 0 Å². The van der Waals surface area contributed by atoms with Crippen molar-refractivity contribution in [3.63, 3.8) is 0 Å². The number of aryl methyl sites for hydroxylation is 3. The standard InChI is InChI=1S/3C7H7.C6H5.Sb.H/c3*1-7-5-3-2-4-6-7;1-2-4-6-5-3-1;;/h3*2-5H,1H3;1-5H;;. The van der Waals surface area contributed by atoms with Crippen LogP contribution in [0.25, 0.3) is 0 Å². The molecule has 0 aromatic heterocycles. The van der Waals surface area contributed by atoms with Crippen LogP contribution in [-0.4, -0.2) is 18.8 Å². The molecule has 140 valence electrons. The molecular weight excluding hydrogens is 446 g/mol. The fraction of sp³-hybridized carbons (Fsp3) is 0.111. The third kappa shape index (κ3) is 3.11. The average Bonchev–Trinajstić information content (AvgIpc) is 2.73. The summed E-state index contributed by atoms with van der Waals surface area (Å²) in [4.78, 5) is 0. The van der Waals surface area contributed by atoms with Gasteiger partial charge in [-0.15, -0.1) is 0 Å². The Kier molecular flexibility index (Phi) is 5.42. The van der Waals surface area contributed by atoms with Crippen molar-refractivity contribution in [1.29, 1.82) is 0 Å². The first-order valence-corrected chi connectivity index (χ1v) is 15.6. The van der Waals surface area contributed by atoms with Gasteiger partial charge < -0.3 is 0 Å². The summed E-state index contributed by atoms with van der Waals surface area (Å²) in [6.07, 6.45) is 0. The van der Waals surface area contributed by atoms with Gasteiger partial charge in [-0.1, -0.05) is 0 Å². The Balaban J connectivity index is 2.24. The van der Waals surface area contributed by atoms with Gasteiger partial charge in [0.05, 0.1) is 0 Å². The molecule has 4 aromatic rings. The zero-order valence-electron chi connectivity index (χ0n) is 16.8. The molecule has 0 fully saturated rings. The van der Waals surface area contributed by atoms with Crippen molar-refractivity contribution < 1.29 is 0 Å². The number of hydrogen-bond acceptors (Lipinski definition) is 0. The summed E-state index contributed by atoms with van der Waals surface area (Å²) >= 11 is -3.50. The van der Waals surface area contributed by atoms with Gasteiger partial charge in [0.15, 0.2) is 0 Å². The van der Waals surface area contributed by atoms with E-state index in [2.05, 4.69) is 124 Å². The second-order valence-electron chi connectivity index (χ2n) is 7.56. The zero-order valence-corrected chi connectivity index (χ0v) is 19.7. The van der Waals surface area contributed by atoms with E-state index in [0.717, 1.165) is 0 Å². The van der Waals surface area contributed by atoms with Crippen molar-refractivity contribution in [1.82, 2.24) is 0 Å². The molecule has 0 heterocycles. The first-order chi connectivity index (χ1) is 13.7. The van der Waals surface area contributed by atoms with Gasteiger partial charge in [0.25, 0.3) is 0 Å². The van der Waals surface area contributed by atoms with E-state index in [4.69, 9.17) is 0 Å². The quantitative estimate of drug-likeness (QED) is 0.397. The Morgan fingerprint density at radius 2 is 0.714 bits per heavy atom. The van der Waals surface area contributed by atoms with Gasteiger partial charge in [0.2, 0.25) is 0 Å². The zero-order chi connectivity index (χ0) is 19.6. The molecule has 4 rings (SSSR count). The second-order valence-corrected chi connectivity index (χ2v) is 18.1. The molecule has 0 atom stereocenters. The molecule has 1 heteroatoms. The van der Waals surface area contributed by atoms with Gasteiger partial charge in [-0.2, -0.15) is 0 Å². The number of hydrogen-bond donors (Lipinski definition) is 0. The van der Waals surface area contributed by atoms with Crippen molar-refractivity contribution in [3.8, 4) is 0 Å². The monoisotopic (exact) mass is 472 g/mol. The maximum atomic E-state index is 2.39. The van der Waals surface area contributed by atoms with Crippen molar-refractivity contribution in [2.45, 2.75) is 20.8 Å². The molecule has 4 aromatic carbocycles. The SMILES string of the molecule is Cc1cccc[c]1[SbH]([c]1ccccc1)([c]1ccccc1C)[c]1ccccc1C. The fourth-order valence-corrected chi connectivity index (χ4v) is 20.4. The van der Waals surface area contributed by atoms with Crippen LogP contribution in [0.3, 0.4) is 0 Å². The summed E-state index contributed by atoms with van der Waals surface area (Å²) in [5.41, 5.74) is 4.19. The summed E-state index contributed by atoms with van der Waals surface area (Å²) < 4.78 is 6.15. The summed E-state index contributed by atoms with van der Waals surface area (Å²) in [5.74, 6) is 0. The van der Waals surface area contributed by atoms with Gasteiger partial charge in [0, 0.05) is 0 Å². The van der Waals surface area contributed by atoms with E-state index >= 15 is 0 Å². The van der Waals surface area contributed by atoms with E-state index in [1.807, 2.05) is 0 Å². The molecule has 0 unspecified atom stereocenters. The average molecular weight is 473 g/mol. The van der Waals surface area contributed by atoms with Crippen LogP contribution in [0, 0.1) is 20.8 Å². The summed E-state index contributed by atoms with van der Waals surface area (Å²) in [5, 5.41) is 0. The van der Waals surface area contributed by atoms with Crippen LogP contribution < -0.4 is 14.0 Å². The number of rotatable bonds is 4. The third-order valence-electron chi connectivity index (χ3n) is 5.85. The topological polar surface area (TPSA) is 0 Å². The van der Waals surface area contributed by atoms with Crippen LogP contribution in [0.5, 0.6) is 0 Å². The van der Waals surface area contributed by atoms with Gasteiger partial charge in [-0.3, -0.25) is 0 Å². The molecule has 0 spiro atoms. The predicted octanol–water partition coefficient (Wildman–Crippen LogP) is 3.72. The Hall–Kier alpha value is -2.30. The Labute approximate surface area is 172 Å². The first-order valence-electron chi connectivity index (χ1n) is 9.89. The van der Waals surface area contributed by atoms with Crippen LogP contribution in [-0.2, 0) is 0 Å². The van der Waals surface area contributed by atoms with E-state index in [1.165, 1.54) is 20.2 Å². The van der Waals surface area contributed by atoms with Crippen molar-refractivity contribution in [3.05, 3.63) is 120 Å². The summed E-state index contributed by atoms with van der Waals surface area (Å²) in [7, 11) is 0. The van der Waals surface area contributed by atoms with E-state index < -0.39 is 18.8 Å². The normalized spacial score (nSPS) is 12.0. The van der Waals surface area contributed by atoms with E-state index in [-0.39, 0.29) is 0 Å². The Morgan fingerprint density at radius 3 is 1.07 bits per heavy atom. The van der Waals surface area contributed by atoms with Crippen LogP contribution in [0.15, 0.2) is 103 Å². The van der Waals surface area contributed by atoms with Crippen LogP contribution in [0.1, 0.15) is 16.7 Å².